The van der Waals surface area contributed by atoms with Crippen LogP contribution in [0.25, 0.3) is 0 Å². The van der Waals surface area contributed by atoms with Gasteiger partial charge in [0.05, 0.1) is 18.5 Å². The third-order valence-electron chi connectivity index (χ3n) is 2.34. The van der Waals surface area contributed by atoms with Crippen LogP contribution in [0.15, 0.2) is 24.3 Å². The van der Waals surface area contributed by atoms with Gasteiger partial charge in [-0.15, -0.1) is 0 Å². The molecule has 0 aliphatic carbocycles. The molecule has 1 aromatic rings. The second-order valence-electron chi connectivity index (χ2n) is 3.91. The molecule has 17 heavy (non-hydrogen) atoms. The van der Waals surface area contributed by atoms with E-state index in [1.165, 1.54) is 0 Å². The number of sulfone groups is 1. The van der Waals surface area contributed by atoms with Gasteiger partial charge in [0.15, 0.2) is 0 Å². The first-order valence-corrected chi connectivity index (χ1v) is 7.57. The molecule has 0 saturated heterocycles. The summed E-state index contributed by atoms with van der Waals surface area (Å²) in [6.07, 6.45) is 0.532. The fourth-order valence-corrected chi connectivity index (χ4v) is 2.18. The van der Waals surface area contributed by atoms with Crippen molar-refractivity contribution in [1.29, 1.82) is 0 Å². The Balaban J connectivity index is 2.77. The van der Waals surface area contributed by atoms with Crippen molar-refractivity contribution in [2.45, 2.75) is 19.4 Å². The van der Waals surface area contributed by atoms with Crippen LogP contribution >= 0.6 is 0 Å². The van der Waals surface area contributed by atoms with E-state index in [1.807, 2.05) is 13.0 Å². The van der Waals surface area contributed by atoms with Gasteiger partial charge in [0.1, 0.15) is 15.6 Å². The lowest BCUT2D eigenvalue weighted by Gasteiger charge is -2.15. The normalized spacial score (nSPS) is 13.4. The van der Waals surface area contributed by atoms with Gasteiger partial charge in [-0.25, -0.2) is 8.42 Å². The Kier molecular flexibility index (Phi) is 4.96. The van der Waals surface area contributed by atoms with Crippen molar-refractivity contribution in [3.63, 3.8) is 0 Å². The smallest absolute Gasteiger partial charge is 0.147 e. The van der Waals surface area contributed by atoms with E-state index in [-0.39, 0.29) is 12.2 Å². The average Bonchev–Trinajstić information content (AvgIpc) is 2.26. The monoisotopic (exact) mass is 258 g/mol. The lowest BCUT2D eigenvalue weighted by atomic mass is 10.1. The maximum absolute atomic E-state index is 11.0. The first kappa shape index (κ1) is 14.0. The minimum atomic E-state index is -3.05. The quantitative estimate of drug-likeness (QED) is 0.841. The van der Waals surface area contributed by atoms with Gasteiger partial charge < -0.3 is 9.84 Å². The number of benzene rings is 1. The fraction of sp³-hybridized carbons (Fsp3) is 0.500. The van der Waals surface area contributed by atoms with Crippen LogP contribution in [0.2, 0.25) is 0 Å². The topological polar surface area (TPSA) is 63.6 Å². The summed E-state index contributed by atoms with van der Waals surface area (Å²) in [5.74, 6) is 0.574. The Bertz CT molecular complexity index is 453. The largest absolute Gasteiger partial charge is 0.493 e. The molecule has 0 bridgehead atoms. The predicted molar refractivity (Wildman–Crippen MR) is 66.9 cm³/mol. The Morgan fingerprint density at radius 1 is 1.35 bits per heavy atom. The van der Waals surface area contributed by atoms with E-state index in [0.29, 0.717) is 17.9 Å². The van der Waals surface area contributed by atoms with Crippen LogP contribution in [0.1, 0.15) is 25.0 Å². The summed E-state index contributed by atoms with van der Waals surface area (Å²) >= 11 is 0. The van der Waals surface area contributed by atoms with Gasteiger partial charge in [-0.05, 0) is 19.4 Å². The molecular formula is C12H18O4S. The number of rotatable bonds is 6. The van der Waals surface area contributed by atoms with Crippen molar-refractivity contribution in [1.82, 2.24) is 0 Å². The molecule has 96 valence electrons. The van der Waals surface area contributed by atoms with E-state index in [4.69, 9.17) is 4.74 Å². The van der Waals surface area contributed by atoms with Crippen LogP contribution < -0.4 is 4.74 Å². The van der Waals surface area contributed by atoms with E-state index < -0.39 is 15.9 Å². The summed E-state index contributed by atoms with van der Waals surface area (Å²) in [7, 11) is -3.05. The number of aliphatic hydroxyl groups is 1. The Hall–Kier alpha value is -1.07. The van der Waals surface area contributed by atoms with Crippen molar-refractivity contribution in [2.75, 3.05) is 18.6 Å². The minimum Gasteiger partial charge on any atom is -0.493 e. The third-order valence-corrected chi connectivity index (χ3v) is 3.32. The highest BCUT2D eigenvalue weighted by Gasteiger charge is 2.15. The Morgan fingerprint density at radius 3 is 2.59 bits per heavy atom. The average molecular weight is 258 g/mol. The van der Waals surface area contributed by atoms with Crippen LogP contribution in [-0.4, -0.2) is 32.1 Å². The van der Waals surface area contributed by atoms with E-state index in [0.717, 1.165) is 6.26 Å². The molecule has 1 atom stereocenters. The molecule has 1 N–H and O–H groups in total. The Morgan fingerprint density at radius 2 is 2.00 bits per heavy atom. The van der Waals surface area contributed by atoms with Crippen LogP contribution in [0, 0.1) is 0 Å². The molecule has 0 aliphatic heterocycles. The van der Waals surface area contributed by atoms with E-state index >= 15 is 0 Å². The minimum absolute atomic E-state index is 0.0331. The molecule has 0 aromatic heterocycles. The first-order valence-electron chi connectivity index (χ1n) is 5.51. The van der Waals surface area contributed by atoms with Crippen LogP contribution in [0.5, 0.6) is 5.75 Å². The predicted octanol–water partition coefficient (Wildman–Crippen LogP) is 1.55. The zero-order valence-corrected chi connectivity index (χ0v) is 10.9. The summed E-state index contributed by atoms with van der Waals surface area (Å²) < 4.78 is 27.5. The molecule has 0 spiro atoms. The van der Waals surface area contributed by atoms with Crippen molar-refractivity contribution in [3.8, 4) is 5.75 Å². The molecule has 1 rings (SSSR count). The van der Waals surface area contributed by atoms with Crippen molar-refractivity contribution < 1.29 is 18.3 Å². The summed E-state index contributed by atoms with van der Waals surface area (Å²) in [6.45, 7) is 2.37. The van der Waals surface area contributed by atoms with Gasteiger partial charge in [-0.1, -0.05) is 18.2 Å². The summed E-state index contributed by atoms with van der Waals surface area (Å²) in [5, 5.41) is 9.95. The summed E-state index contributed by atoms with van der Waals surface area (Å²) in [5.41, 5.74) is 0.637. The summed E-state index contributed by atoms with van der Waals surface area (Å²) in [4.78, 5) is 0. The van der Waals surface area contributed by atoms with Gasteiger partial charge in [0.25, 0.3) is 0 Å². The lowest BCUT2D eigenvalue weighted by molar-refractivity contribution is 0.168. The van der Waals surface area contributed by atoms with Gasteiger partial charge in [-0.3, -0.25) is 0 Å². The van der Waals surface area contributed by atoms with Crippen molar-refractivity contribution in [3.05, 3.63) is 29.8 Å². The van der Waals surface area contributed by atoms with Crippen LogP contribution in [-0.2, 0) is 9.84 Å². The van der Waals surface area contributed by atoms with Gasteiger partial charge >= 0.3 is 0 Å². The highest BCUT2D eigenvalue weighted by Crippen LogP contribution is 2.27. The van der Waals surface area contributed by atoms with Crippen molar-refractivity contribution in [2.24, 2.45) is 0 Å². The number of para-hydroxylation sites is 1. The van der Waals surface area contributed by atoms with Crippen molar-refractivity contribution >= 4 is 9.84 Å². The molecule has 0 fully saturated rings. The van der Waals surface area contributed by atoms with Crippen LogP contribution in [0.3, 0.4) is 0 Å². The molecule has 0 heterocycles. The lowest BCUT2D eigenvalue weighted by Crippen LogP contribution is -2.09. The van der Waals surface area contributed by atoms with Gasteiger partial charge in [0, 0.05) is 11.8 Å². The zero-order chi connectivity index (χ0) is 12.9. The molecule has 1 aromatic carbocycles. The molecule has 0 radical (unpaired) electrons. The highest BCUT2D eigenvalue weighted by molar-refractivity contribution is 7.90. The van der Waals surface area contributed by atoms with E-state index in [1.54, 1.807) is 18.2 Å². The third kappa shape index (κ3) is 4.75. The molecule has 4 nitrogen and oxygen atoms in total. The molecule has 5 heteroatoms. The second-order valence-corrected chi connectivity index (χ2v) is 6.16. The maximum Gasteiger partial charge on any atom is 0.147 e. The number of aliphatic hydroxyl groups excluding tert-OH is 1. The highest BCUT2D eigenvalue weighted by atomic mass is 32.2. The number of hydrogen-bond donors (Lipinski definition) is 1. The molecule has 0 saturated carbocycles. The Labute approximate surface area is 102 Å². The van der Waals surface area contributed by atoms with Gasteiger partial charge in [-0.2, -0.15) is 0 Å². The molecule has 0 amide bonds. The summed E-state index contributed by atoms with van der Waals surface area (Å²) in [6, 6.07) is 7.12. The first-order chi connectivity index (χ1) is 7.94. The SMILES string of the molecule is CCOc1ccccc1C(O)CCS(C)(=O)=O. The second kappa shape index (κ2) is 6.02. The van der Waals surface area contributed by atoms with Gasteiger partial charge in [0.2, 0.25) is 0 Å². The maximum atomic E-state index is 11.0. The number of ether oxygens (including phenoxy) is 1. The van der Waals surface area contributed by atoms with Crippen LogP contribution in [0.4, 0.5) is 0 Å². The van der Waals surface area contributed by atoms with E-state index in [2.05, 4.69) is 0 Å². The fourth-order valence-electron chi connectivity index (χ4n) is 1.52. The molecule has 0 aliphatic rings. The molecule has 1 unspecified atom stereocenters. The zero-order valence-electron chi connectivity index (χ0n) is 10.1. The van der Waals surface area contributed by atoms with E-state index in [9.17, 15) is 13.5 Å². The standard InChI is InChI=1S/C12H18O4S/c1-3-16-12-7-5-4-6-10(12)11(13)8-9-17(2,14)15/h4-7,11,13H,3,8-9H2,1-2H3. The molecular weight excluding hydrogens is 240 g/mol. The number of hydrogen-bond acceptors (Lipinski definition) is 4.